The lowest BCUT2D eigenvalue weighted by Gasteiger charge is -2.11. The summed E-state index contributed by atoms with van der Waals surface area (Å²) < 4.78 is 0. The molecule has 0 aromatic heterocycles. The van der Waals surface area contributed by atoms with Gasteiger partial charge in [-0.2, -0.15) is 5.26 Å². The second-order valence-electron chi connectivity index (χ2n) is 7.37. The summed E-state index contributed by atoms with van der Waals surface area (Å²) in [5.41, 5.74) is 1.64. The van der Waals surface area contributed by atoms with E-state index in [4.69, 9.17) is 23.2 Å². The summed E-state index contributed by atoms with van der Waals surface area (Å²) in [5.74, 6) is -0.662. The minimum atomic E-state index is -0.467. The van der Waals surface area contributed by atoms with E-state index in [1.54, 1.807) is 30.3 Å². The van der Waals surface area contributed by atoms with Crippen molar-refractivity contribution in [3.8, 4) is 6.07 Å². The Labute approximate surface area is 189 Å². The number of nitrogens with one attached hydrogen (secondary N) is 2. The minimum Gasteiger partial charge on any atom is -0.349 e. The summed E-state index contributed by atoms with van der Waals surface area (Å²) >= 11 is 12.0. The largest absolute Gasteiger partial charge is 0.349 e. The van der Waals surface area contributed by atoms with Crippen LogP contribution >= 0.6 is 23.2 Å². The monoisotopic (exact) mass is 452 g/mol. The van der Waals surface area contributed by atoms with Gasteiger partial charge in [-0.1, -0.05) is 60.3 Å². The van der Waals surface area contributed by atoms with Crippen LogP contribution in [0.15, 0.2) is 53.0 Å². The zero-order valence-electron chi connectivity index (χ0n) is 16.4. The molecule has 2 N–H and O–H groups in total. The van der Waals surface area contributed by atoms with E-state index in [2.05, 4.69) is 15.6 Å². The van der Waals surface area contributed by atoms with Gasteiger partial charge in [0.2, 0.25) is 0 Å². The third-order valence-electron chi connectivity index (χ3n) is 5.33. The molecule has 1 aliphatic heterocycles. The average molecular weight is 453 g/mol. The van der Waals surface area contributed by atoms with Crippen molar-refractivity contribution < 1.29 is 9.59 Å². The summed E-state index contributed by atoms with van der Waals surface area (Å²) in [5, 5.41) is 16.0. The van der Waals surface area contributed by atoms with Gasteiger partial charge in [0.15, 0.2) is 0 Å². The van der Waals surface area contributed by atoms with Crippen molar-refractivity contribution in [1.82, 2.24) is 10.6 Å². The summed E-state index contributed by atoms with van der Waals surface area (Å²) in [6.45, 7) is 0. The molecule has 2 aliphatic rings. The van der Waals surface area contributed by atoms with Gasteiger partial charge in [0.05, 0.1) is 16.3 Å². The number of fused-ring (bicyclic) bond motifs is 1. The van der Waals surface area contributed by atoms with Crippen molar-refractivity contribution in [3.05, 3.63) is 74.8 Å². The number of carbonyl (C=O) groups is 2. The van der Waals surface area contributed by atoms with Crippen LogP contribution in [0.2, 0.25) is 10.0 Å². The van der Waals surface area contributed by atoms with Gasteiger partial charge < -0.3 is 10.6 Å². The summed E-state index contributed by atoms with van der Waals surface area (Å²) in [4.78, 5) is 30.0. The first-order valence-electron chi connectivity index (χ1n) is 9.88. The maximum absolute atomic E-state index is 12.8. The highest BCUT2D eigenvalue weighted by Crippen LogP contribution is 2.31. The molecule has 31 heavy (non-hydrogen) atoms. The van der Waals surface area contributed by atoms with E-state index >= 15 is 0 Å². The van der Waals surface area contributed by atoms with Gasteiger partial charge in [-0.25, -0.2) is 4.99 Å². The number of carbonyl (C=O) groups excluding carboxylic acids is 2. The molecule has 1 heterocycles. The first-order valence-corrected chi connectivity index (χ1v) is 10.6. The average Bonchev–Trinajstić information content (AvgIpc) is 3.37. The Morgan fingerprint density at radius 3 is 2.45 bits per heavy atom. The van der Waals surface area contributed by atoms with Gasteiger partial charge in [-0.15, -0.1) is 0 Å². The molecule has 156 valence electrons. The number of aliphatic imine (C=N–C) groups is 1. The molecular formula is C23H18Cl2N4O2. The van der Waals surface area contributed by atoms with Crippen molar-refractivity contribution in [3.63, 3.8) is 0 Å². The van der Waals surface area contributed by atoms with E-state index in [0.29, 0.717) is 16.1 Å². The molecule has 0 spiro atoms. The minimum absolute atomic E-state index is 0.0725. The van der Waals surface area contributed by atoms with Crippen LogP contribution in [0.3, 0.4) is 0 Å². The Kier molecular flexibility index (Phi) is 6.08. The molecule has 2 aromatic rings. The van der Waals surface area contributed by atoms with E-state index < -0.39 is 11.8 Å². The predicted molar refractivity (Wildman–Crippen MR) is 120 cm³/mol. The van der Waals surface area contributed by atoms with Crippen LogP contribution in [-0.2, 0) is 4.79 Å². The van der Waals surface area contributed by atoms with Crippen LogP contribution in [0.5, 0.6) is 0 Å². The fraction of sp³-hybridized carbons (Fsp3) is 0.217. The fourth-order valence-electron chi connectivity index (χ4n) is 3.80. The molecule has 0 saturated heterocycles. The first kappa shape index (κ1) is 21.1. The van der Waals surface area contributed by atoms with E-state index in [9.17, 15) is 14.9 Å². The summed E-state index contributed by atoms with van der Waals surface area (Å²) in [7, 11) is 0. The molecule has 2 amide bonds. The van der Waals surface area contributed by atoms with Crippen molar-refractivity contribution in [2.24, 2.45) is 4.99 Å². The number of amidine groups is 1. The molecule has 0 bridgehead atoms. The molecule has 1 saturated carbocycles. The van der Waals surface area contributed by atoms with E-state index in [-0.39, 0.29) is 33.7 Å². The quantitative estimate of drug-likeness (QED) is 0.530. The number of hydrogen-bond acceptors (Lipinski definition) is 4. The Bertz CT molecular complexity index is 1170. The van der Waals surface area contributed by atoms with Gasteiger partial charge in [0.25, 0.3) is 11.8 Å². The number of hydrogen-bond donors (Lipinski definition) is 2. The van der Waals surface area contributed by atoms with Crippen LogP contribution < -0.4 is 10.6 Å². The molecular weight excluding hydrogens is 435 g/mol. The third kappa shape index (κ3) is 4.34. The standard InChI is InChI=1S/C23H18Cl2N4O2/c24-13-9-10-17(19(25)11-13)22(30)29-21-16-8-4-3-7-15(16)20(28-21)18(12-26)23(31)27-14-5-1-2-6-14/h3-4,7-11,14H,1-2,5-6H2,(H,27,31)(H,28,29,30)/b20-18-. The van der Waals surface area contributed by atoms with Gasteiger partial charge >= 0.3 is 0 Å². The lowest BCUT2D eigenvalue weighted by atomic mass is 10.0. The molecule has 0 unspecified atom stereocenters. The van der Waals surface area contributed by atoms with Gasteiger partial charge in [-0.05, 0) is 31.0 Å². The number of nitriles is 1. The first-order chi connectivity index (χ1) is 15.0. The van der Waals surface area contributed by atoms with E-state index in [0.717, 1.165) is 25.7 Å². The number of amides is 2. The molecule has 4 rings (SSSR count). The topological polar surface area (TPSA) is 94.3 Å². The molecule has 0 atom stereocenters. The van der Waals surface area contributed by atoms with E-state index in [1.807, 2.05) is 6.07 Å². The zero-order chi connectivity index (χ0) is 22.0. The van der Waals surface area contributed by atoms with Crippen molar-refractivity contribution in [1.29, 1.82) is 5.26 Å². The molecule has 2 aromatic carbocycles. The van der Waals surface area contributed by atoms with Crippen LogP contribution in [0.1, 0.15) is 47.2 Å². The highest BCUT2D eigenvalue weighted by Gasteiger charge is 2.29. The number of benzene rings is 2. The molecule has 6 nitrogen and oxygen atoms in total. The zero-order valence-corrected chi connectivity index (χ0v) is 17.9. The maximum Gasteiger partial charge on any atom is 0.264 e. The van der Waals surface area contributed by atoms with Crippen molar-refractivity contribution >= 4 is 46.5 Å². The maximum atomic E-state index is 12.8. The smallest absolute Gasteiger partial charge is 0.264 e. The molecule has 0 radical (unpaired) electrons. The Balaban J connectivity index is 1.67. The molecule has 1 fully saturated rings. The predicted octanol–water partition coefficient (Wildman–Crippen LogP) is 4.48. The second-order valence-corrected chi connectivity index (χ2v) is 8.22. The lowest BCUT2D eigenvalue weighted by molar-refractivity contribution is -0.117. The third-order valence-corrected chi connectivity index (χ3v) is 5.88. The SMILES string of the molecule is N#C/C(C(=O)NC1CCCC1)=C1/N=C(NC(=O)c2ccc(Cl)cc2Cl)c2ccccc21. The second kappa shape index (κ2) is 8.93. The number of nitrogens with zero attached hydrogens (tertiary/aromatic N) is 2. The van der Waals surface area contributed by atoms with Gasteiger partial charge in [0.1, 0.15) is 17.5 Å². The van der Waals surface area contributed by atoms with Crippen LogP contribution in [0.25, 0.3) is 5.70 Å². The van der Waals surface area contributed by atoms with Crippen molar-refractivity contribution in [2.75, 3.05) is 0 Å². The highest BCUT2D eigenvalue weighted by atomic mass is 35.5. The van der Waals surface area contributed by atoms with Crippen molar-refractivity contribution in [2.45, 2.75) is 31.7 Å². The number of rotatable bonds is 3. The summed E-state index contributed by atoms with van der Waals surface area (Å²) in [6.07, 6.45) is 3.94. The normalized spacial score (nSPS) is 16.9. The Hall–Kier alpha value is -3.14. The van der Waals surface area contributed by atoms with Crippen LogP contribution in [0.4, 0.5) is 0 Å². The lowest BCUT2D eigenvalue weighted by Crippen LogP contribution is -2.33. The van der Waals surface area contributed by atoms with Gasteiger partial charge in [-0.3, -0.25) is 9.59 Å². The van der Waals surface area contributed by atoms with E-state index in [1.165, 1.54) is 12.1 Å². The molecule has 1 aliphatic carbocycles. The van der Waals surface area contributed by atoms with Gasteiger partial charge in [0, 0.05) is 22.2 Å². The summed E-state index contributed by atoms with van der Waals surface area (Å²) in [6, 6.07) is 13.8. The Morgan fingerprint density at radius 2 is 1.77 bits per heavy atom. The van der Waals surface area contributed by atoms with Crippen LogP contribution in [-0.4, -0.2) is 23.7 Å². The Morgan fingerprint density at radius 1 is 1.06 bits per heavy atom. The van der Waals surface area contributed by atoms with Crippen LogP contribution in [0, 0.1) is 11.3 Å². The highest BCUT2D eigenvalue weighted by molar-refractivity contribution is 6.37. The fourth-order valence-corrected chi connectivity index (χ4v) is 4.30. The number of halogens is 2. The molecule has 8 heteroatoms.